The summed E-state index contributed by atoms with van der Waals surface area (Å²) in [5.41, 5.74) is -0.152. The SMILES string of the molecule is CC1CCC(CCN2CNC3(CCCC3)C2=O)CC1. The molecule has 2 saturated carbocycles. The molecular formula is C16H28N2O. The van der Waals surface area contributed by atoms with E-state index in [1.54, 1.807) is 0 Å². The molecule has 3 heteroatoms. The Bertz CT molecular complexity index is 328. The molecule has 3 nitrogen and oxygen atoms in total. The van der Waals surface area contributed by atoms with Gasteiger partial charge in [-0.05, 0) is 31.1 Å². The average Bonchev–Trinajstić information content (AvgIpc) is 3.01. The topological polar surface area (TPSA) is 32.3 Å². The zero-order chi connectivity index (χ0) is 13.3. The van der Waals surface area contributed by atoms with Crippen LogP contribution in [0.3, 0.4) is 0 Å². The fraction of sp³-hybridized carbons (Fsp3) is 0.938. The highest BCUT2D eigenvalue weighted by molar-refractivity contribution is 5.88. The lowest BCUT2D eigenvalue weighted by Gasteiger charge is -2.28. The van der Waals surface area contributed by atoms with E-state index in [1.807, 2.05) is 0 Å². The minimum absolute atomic E-state index is 0.152. The number of nitrogens with one attached hydrogen (secondary N) is 1. The summed E-state index contributed by atoms with van der Waals surface area (Å²) in [7, 11) is 0. The van der Waals surface area contributed by atoms with E-state index in [9.17, 15) is 4.79 Å². The second-order valence-corrected chi connectivity index (χ2v) is 7.11. The van der Waals surface area contributed by atoms with Gasteiger partial charge in [-0.3, -0.25) is 10.1 Å². The maximum absolute atomic E-state index is 12.5. The molecule has 3 fully saturated rings. The second-order valence-electron chi connectivity index (χ2n) is 7.11. The Hall–Kier alpha value is -0.570. The van der Waals surface area contributed by atoms with Gasteiger partial charge in [0.05, 0.1) is 12.2 Å². The van der Waals surface area contributed by atoms with Crippen molar-refractivity contribution in [3.63, 3.8) is 0 Å². The van der Waals surface area contributed by atoms with Crippen LogP contribution in [0.5, 0.6) is 0 Å². The van der Waals surface area contributed by atoms with Gasteiger partial charge in [-0.25, -0.2) is 0 Å². The van der Waals surface area contributed by atoms with Gasteiger partial charge in [-0.15, -0.1) is 0 Å². The number of nitrogens with zero attached hydrogens (tertiary/aromatic N) is 1. The van der Waals surface area contributed by atoms with Gasteiger partial charge in [0.15, 0.2) is 0 Å². The van der Waals surface area contributed by atoms with Crippen molar-refractivity contribution in [1.29, 1.82) is 0 Å². The van der Waals surface area contributed by atoms with Gasteiger partial charge in [-0.1, -0.05) is 45.4 Å². The highest BCUT2D eigenvalue weighted by Crippen LogP contribution is 2.35. The molecule has 3 rings (SSSR count). The summed E-state index contributed by atoms with van der Waals surface area (Å²) in [6, 6.07) is 0. The minimum Gasteiger partial charge on any atom is -0.328 e. The quantitative estimate of drug-likeness (QED) is 0.850. The van der Waals surface area contributed by atoms with Crippen molar-refractivity contribution in [2.75, 3.05) is 13.2 Å². The molecule has 0 atom stereocenters. The lowest BCUT2D eigenvalue weighted by atomic mass is 9.81. The third-order valence-corrected chi connectivity index (χ3v) is 5.70. The Morgan fingerprint density at radius 3 is 2.58 bits per heavy atom. The van der Waals surface area contributed by atoms with Gasteiger partial charge in [0, 0.05) is 6.54 Å². The van der Waals surface area contributed by atoms with E-state index in [0.717, 1.165) is 37.9 Å². The summed E-state index contributed by atoms with van der Waals surface area (Å²) < 4.78 is 0. The van der Waals surface area contributed by atoms with Crippen LogP contribution in [-0.2, 0) is 4.79 Å². The summed E-state index contributed by atoms with van der Waals surface area (Å²) in [4.78, 5) is 14.6. The van der Waals surface area contributed by atoms with E-state index >= 15 is 0 Å². The molecule has 1 spiro atoms. The lowest BCUT2D eigenvalue weighted by molar-refractivity contribution is -0.132. The first-order chi connectivity index (χ1) is 9.20. The molecule has 108 valence electrons. The fourth-order valence-corrected chi connectivity index (χ4v) is 4.20. The molecule has 0 unspecified atom stereocenters. The largest absolute Gasteiger partial charge is 0.328 e. The molecule has 19 heavy (non-hydrogen) atoms. The molecule has 0 aromatic carbocycles. The number of hydrogen-bond acceptors (Lipinski definition) is 2. The van der Waals surface area contributed by atoms with E-state index in [2.05, 4.69) is 17.1 Å². The predicted molar refractivity (Wildman–Crippen MR) is 76.7 cm³/mol. The van der Waals surface area contributed by atoms with Crippen molar-refractivity contribution < 1.29 is 4.79 Å². The first kappa shape index (κ1) is 13.4. The summed E-state index contributed by atoms with van der Waals surface area (Å²) in [6.07, 6.45) is 11.3. The van der Waals surface area contributed by atoms with Crippen molar-refractivity contribution >= 4 is 5.91 Å². The number of amides is 1. The van der Waals surface area contributed by atoms with Gasteiger partial charge >= 0.3 is 0 Å². The van der Waals surface area contributed by atoms with E-state index in [0.29, 0.717) is 5.91 Å². The van der Waals surface area contributed by atoms with Crippen LogP contribution in [0.25, 0.3) is 0 Å². The Kier molecular flexibility index (Phi) is 3.84. The Labute approximate surface area is 117 Å². The van der Waals surface area contributed by atoms with E-state index in [-0.39, 0.29) is 5.54 Å². The highest BCUT2D eigenvalue weighted by Gasteiger charge is 2.47. The second kappa shape index (κ2) is 5.43. The van der Waals surface area contributed by atoms with Crippen molar-refractivity contribution in [2.24, 2.45) is 11.8 Å². The molecule has 1 saturated heterocycles. The van der Waals surface area contributed by atoms with Gasteiger partial charge < -0.3 is 4.90 Å². The van der Waals surface area contributed by atoms with Crippen LogP contribution in [0.2, 0.25) is 0 Å². The molecule has 0 aromatic heterocycles. The van der Waals surface area contributed by atoms with Crippen LogP contribution in [0.4, 0.5) is 0 Å². The maximum atomic E-state index is 12.5. The highest BCUT2D eigenvalue weighted by atomic mass is 16.2. The van der Waals surface area contributed by atoms with Gasteiger partial charge in [-0.2, -0.15) is 0 Å². The van der Waals surface area contributed by atoms with E-state index in [1.165, 1.54) is 44.9 Å². The molecule has 1 amide bonds. The monoisotopic (exact) mass is 264 g/mol. The van der Waals surface area contributed by atoms with Crippen LogP contribution in [0, 0.1) is 11.8 Å². The molecule has 3 aliphatic rings. The lowest BCUT2D eigenvalue weighted by Crippen LogP contribution is -2.44. The first-order valence-electron chi connectivity index (χ1n) is 8.24. The summed E-state index contributed by atoms with van der Waals surface area (Å²) in [6.45, 7) is 4.14. The molecule has 1 heterocycles. The Morgan fingerprint density at radius 1 is 1.21 bits per heavy atom. The predicted octanol–water partition coefficient (Wildman–Crippen LogP) is 2.90. The number of rotatable bonds is 3. The molecule has 1 N–H and O–H groups in total. The van der Waals surface area contributed by atoms with Crippen LogP contribution < -0.4 is 5.32 Å². The van der Waals surface area contributed by atoms with Crippen LogP contribution in [-0.4, -0.2) is 29.6 Å². The zero-order valence-electron chi connectivity index (χ0n) is 12.3. The third kappa shape index (κ3) is 2.67. The number of hydrogen-bond donors (Lipinski definition) is 1. The molecule has 2 aliphatic carbocycles. The smallest absolute Gasteiger partial charge is 0.243 e. The Morgan fingerprint density at radius 2 is 1.89 bits per heavy atom. The van der Waals surface area contributed by atoms with E-state index < -0.39 is 0 Å². The first-order valence-corrected chi connectivity index (χ1v) is 8.24. The standard InChI is InChI=1S/C16H28N2O/c1-13-4-6-14(7-5-13)8-11-18-12-17-16(15(18)19)9-2-3-10-16/h13-14,17H,2-12H2,1H3. The molecule has 0 aromatic rings. The Balaban J connectivity index is 1.47. The normalized spacial score (nSPS) is 34.4. The van der Waals surface area contributed by atoms with E-state index in [4.69, 9.17) is 0 Å². The van der Waals surface area contributed by atoms with Crippen molar-refractivity contribution in [3.05, 3.63) is 0 Å². The molecule has 1 aliphatic heterocycles. The van der Waals surface area contributed by atoms with Gasteiger partial charge in [0.1, 0.15) is 0 Å². The van der Waals surface area contributed by atoms with Gasteiger partial charge in [0.25, 0.3) is 0 Å². The summed E-state index contributed by atoms with van der Waals surface area (Å²) in [5.74, 6) is 2.19. The molecular weight excluding hydrogens is 236 g/mol. The van der Waals surface area contributed by atoms with Crippen LogP contribution in [0.1, 0.15) is 64.7 Å². The van der Waals surface area contributed by atoms with Crippen LogP contribution in [0.15, 0.2) is 0 Å². The van der Waals surface area contributed by atoms with Gasteiger partial charge in [0.2, 0.25) is 5.91 Å². The minimum atomic E-state index is -0.152. The zero-order valence-corrected chi connectivity index (χ0v) is 12.3. The summed E-state index contributed by atoms with van der Waals surface area (Å²) >= 11 is 0. The molecule has 0 radical (unpaired) electrons. The molecule has 0 bridgehead atoms. The van der Waals surface area contributed by atoms with Crippen molar-refractivity contribution in [3.8, 4) is 0 Å². The summed E-state index contributed by atoms with van der Waals surface area (Å²) in [5, 5.41) is 3.50. The number of carbonyl (C=O) groups is 1. The number of carbonyl (C=O) groups excluding carboxylic acids is 1. The van der Waals surface area contributed by atoms with Crippen molar-refractivity contribution in [1.82, 2.24) is 10.2 Å². The average molecular weight is 264 g/mol. The van der Waals surface area contributed by atoms with Crippen LogP contribution >= 0.6 is 0 Å². The maximum Gasteiger partial charge on any atom is 0.243 e. The van der Waals surface area contributed by atoms with Crippen molar-refractivity contribution in [2.45, 2.75) is 70.3 Å². The third-order valence-electron chi connectivity index (χ3n) is 5.70. The fourth-order valence-electron chi connectivity index (χ4n) is 4.20.